The van der Waals surface area contributed by atoms with Crippen molar-refractivity contribution in [2.75, 3.05) is 42.9 Å². The predicted molar refractivity (Wildman–Crippen MR) is 99.8 cm³/mol. The van der Waals surface area contributed by atoms with Crippen molar-refractivity contribution in [1.29, 1.82) is 0 Å². The largest absolute Gasteiger partial charge is 0.368 e. The SMILES string of the molecule is Cc1cccc(N2CCN(C(=O)CCNc3ncccn3)CC2)c1C. The van der Waals surface area contributed by atoms with Gasteiger partial charge in [0.05, 0.1) is 0 Å². The number of hydrogen-bond donors (Lipinski definition) is 1. The van der Waals surface area contributed by atoms with Crippen LogP contribution in [0.4, 0.5) is 11.6 Å². The van der Waals surface area contributed by atoms with Gasteiger partial charge in [-0.15, -0.1) is 0 Å². The lowest BCUT2D eigenvalue weighted by atomic mass is 10.1. The third-order valence-electron chi connectivity index (χ3n) is 4.74. The van der Waals surface area contributed by atoms with E-state index < -0.39 is 0 Å². The maximum absolute atomic E-state index is 12.4. The zero-order valence-corrected chi connectivity index (χ0v) is 14.9. The first-order chi connectivity index (χ1) is 12.1. The number of anilines is 2. The fourth-order valence-electron chi connectivity index (χ4n) is 3.10. The van der Waals surface area contributed by atoms with Gasteiger partial charge in [0.2, 0.25) is 11.9 Å². The second kappa shape index (κ2) is 7.96. The van der Waals surface area contributed by atoms with Crippen molar-refractivity contribution >= 4 is 17.5 Å². The number of aromatic nitrogens is 2. The van der Waals surface area contributed by atoms with Crippen LogP contribution < -0.4 is 10.2 Å². The van der Waals surface area contributed by atoms with E-state index in [9.17, 15) is 4.79 Å². The lowest BCUT2D eigenvalue weighted by Gasteiger charge is -2.37. The highest BCUT2D eigenvalue weighted by atomic mass is 16.2. The fraction of sp³-hybridized carbons (Fsp3) is 0.421. The summed E-state index contributed by atoms with van der Waals surface area (Å²) in [5.41, 5.74) is 3.93. The van der Waals surface area contributed by atoms with Crippen molar-refractivity contribution in [3.63, 3.8) is 0 Å². The van der Waals surface area contributed by atoms with Gasteiger partial charge in [-0.05, 0) is 37.1 Å². The first kappa shape index (κ1) is 17.2. The first-order valence-corrected chi connectivity index (χ1v) is 8.75. The minimum Gasteiger partial charge on any atom is -0.368 e. The van der Waals surface area contributed by atoms with E-state index in [-0.39, 0.29) is 5.91 Å². The molecule has 6 nitrogen and oxygen atoms in total. The van der Waals surface area contributed by atoms with Gasteiger partial charge in [0.25, 0.3) is 0 Å². The summed E-state index contributed by atoms with van der Waals surface area (Å²) >= 11 is 0. The highest BCUT2D eigenvalue weighted by molar-refractivity contribution is 5.77. The fourth-order valence-corrected chi connectivity index (χ4v) is 3.10. The summed E-state index contributed by atoms with van der Waals surface area (Å²) in [5, 5.41) is 3.08. The molecule has 2 aromatic rings. The van der Waals surface area contributed by atoms with Crippen LogP contribution in [-0.2, 0) is 4.79 Å². The Morgan fingerprint density at radius 1 is 1.08 bits per heavy atom. The summed E-state index contributed by atoms with van der Waals surface area (Å²) in [4.78, 5) is 24.9. The molecule has 1 aromatic heterocycles. The van der Waals surface area contributed by atoms with Gasteiger partial charge in [-0.1, -0.05) is 12.1 Å². The number of hydrogen-bond acceptors (Lipinski definition) is 5. The van der Waals surface area contributed by atoms with Crippen LogP contribution in [0.15, 0.2) is 36.7 Å². The molecule has 1 aliphatic heterocycles. The minimum absolute atomic E-state index is 0.184. The molecule has 1 amide bonds. The second-order valence-electron chi connectivity index (χ2n) is 6.34. The third-order valence-corrected chi connectivity index (χ3v) is 4.74. The van der Waals surface area contributed by atoms with E-state index in [4.69, 9.17) is 0 Å². The van der Waals surface area contributed by atoms with Gasteiger partial charge in [-0.3, -0.25) is 4.79 Å². The Morgan fingerprint density at radius 3 is 2.52 bits per heavy atom. The summed E-state index contributed by atoms with van der Waals surface area (Å²) in [6, 6.07) is 8.18. The maximum Gasteiger partial charge on any atom is 0.224 e. The summed E-state index contributed by atoms with van der Waals surface area (Å²) in [6.45, 7) is 8.17. The molecule has 0 saturated carbocycles. The Hall–Kier alpha value is -2.63. The molecular formula is C19H25N5O. The van der Waals surface area contributed by atoms with E-state index in [1.54, 1.807) is 18.5 Å². The Labute approximate surface area is 148 Å². The van der Waals surface area contributed by atoms with Gasteiger partial charge in [0.15, 0.2) is 0 Å². The van der Waals surface area contributed by atoms with Crippen molar-refractivity contribution < 1.29 is 4.79 Å². The normalized spacial score (nSPS) is 14.5. The van der Waals surface area contributed by atoms with Crippen LogP contribution in [0, 0.1) is 13.8 Å². The van der Waals surface area contributed by atoms with Crippen LogP contribution in [-0.4, -0.2) is 53.5 Å². The predicted octanol–water partition coefficient (Wildman–Crippen LogP) is 2.24. The van der Waals surface area contributed by atoms with E-state index in [0.717, 1.165) is 26.2 Å². The molecule has 25 heavy (non-hydrogen) atoms. The van der Waals surface area contributed by atoms with Gasteiger partial charge in [-0.2, -0.15) is 0 Å². The van der Waals surface area contributed by atoms with Crippen LogP contribution >= 0.6 is 0 Å². The highest BCUT2D eigenvalue weighted by Gasteiger charge is 2.21. The van der Waals surface area contributed by atoms with E-state index in [1.807, 2.05) is 4.90 Å². The van der Waals surface area contributed by atoms with Crippen molar-refractivity contribution in [2.24, 2.45) is 0 Å². The molecule has 0 spiro atoms. The average molecular weight is 339 g/mol. The first-order valence-electron chi connectivity index (χ1n) is 8.75. The molecule has 0 aliphatic carbocycles. The molecular weight excluding hydrogens is 314 g/mol. The summed E-state index contributed by atoms with van der Waals surface area (Å²) < 4.78 is 0. The maximum atomic E-state index is 12.4. The van der Waals surface area contributed by atoms with Crippen molar-refractivity contribution in [1.82, 2.24) is 14.9 Å². The quantitative estimate of drug-likeness (QED) is 0.905. The number of carbonyl (C=O) groups is 1. The summed E-state index contributed by atoms with van der Waals surface area (Å²) in [7, 11) is 0. The van der Waals surface area contributed by atoms with Crippen LogP contribution in [0.25, 0.3) is 0 Å². The van der Waals surface area contributed by atoms with Gasteiger partial charge >= 0.3 is 0 Å². The Morgan fingerprint density at radius 2 is 1.80 bits per heavy atom. The molecule has 132 valence electrons. The molecule has 2 heterocycles. The lowest BCUT2D eigenvalue weighted by molar-refractivity contribution is -0.131. The van der Waals surface area contributed by atoms with Crippen LogP contribution in [0.3, 0.4) is 0 Å². The zero-order valence-electron chi connectivity index (χ0n) is 14.9. The van der Waals surface area contributed by atoms with Crippen molar-refractivity contribution in [2.45, 2.75) is 20.3 Å². The number of rotatable bonds is 5. The molecule has 1 aliphatic rings. The Bertz CT molecular complexity index is 711. The molecule has 1 fully saturated rings. The molecule has 0 unspecified atom stereocenters. The average Bonchev–Trinajstić information content (AvgIpc) is 2.65. The number of benzene rings is 1. The lowest BCUT2D eigenvalue weighted by Crippen LogP contribution is -2.49. The number of nitrogens with zero attached hydrogens (tertiary/aromatic N) is 4. The zero-order chi connectivity index (χ0) is 17.6. The number of nitrogens with one attached hydrogen (secondary N) is 1. The van der Waals surface area contributed by atoms with E-state index in [2.05, 4.69) is 52.2 Å². The van der Waals surface area contributed by atoms with Crippen LogP contribution in [0.1, 0.15) is 17.5 Å². The molecule has 6 heteroatoms. The third kappa shape index (κ3) is 4.26. The van der Waals surface area contributed by atoms with Crippen LogP contribution in [0.2, 0.25) is 0 Å². The smallest absolute Gasteiger partial charge is 0.224 e. The van der Waals surface area contributed by atoms with Crippen LogP contribution in [0.5, 0.6) is 0 Å². The minimum atomic E-state index is 0.184. The van der Waals surface area contributed by atoms with Gasteiger partial charge in [-0.25, -0.2) is 9.97 Å². The van der Waals surface area contributed by atoms with E-state index in [1.165, 1.54) is 16.8 Å². The number of piperazine rings is 1. The van der Waals surface area contributed by atoms with Crippen molar-refractivity contribution in [3.05, 3.63) is 47.8 Å². The summed E-state index contributed by atoms with van der Waals surface area (Å²) in [6.07, 6.45) is 3.83. The van der Waals surface area contributed by atoms with Crippen molar-refractivity contribution in [3.8, 4) is 0 Å². The molecule has 3 rings (SSSR count). The summed E-state index contributed by atoms with van der Waals surface area (Å²) in [5.74, 6) is 0.749. The Kier molecular flexibility index (Phi) is 5.48. The van der Waals surface area contributed by atoms with Gasteiger partial charge < -0.3 is 15.1 Å². The molecule has 1 aromatic carbocycles. The molecule has 1 N–H and O–H groups in total. The van der Waals surface area contributed by atoms with Gasteiger partial charge in [0, 0.05) is 57.2 Å². The van der Waals surface area contributed by atoms with E-state index >= 15 is 0 Å². The molecule has 0 atom stereocenters. The number of amides is 1. The Balaban J connectivity index is 1.47. The number of aryl methyl sites for hydroxylation is 1. The second-order valence-corrected chi connectivity index (χ2v) is 6.34. The van der Waals surface area contributed by atoms with Gasteiger partial charge in [0.1, 0.15) is 0 Å². The monoisotopic (exact) mass is 339 g/mol. The van der Waals surface area contributed by atoms with E-state index in [0.29, 0.717) is 18.9 Å². The molecule has 0 radical (unpaired) electrons. The molecule has 1 saturated heterocycles. The number of carbonyl (C=O) groups excluding carboxylic acids is 1. The standard InChI is InChI=1S/C19H25N5O/c1-15-5-3-6-17(16(15)2)23-11-13-24(14-12-23)18(25)7-10-22-19-20-8-4-9-21-19/h3-6,8-9H,7,10-14H2,1-2H3,(H,20,21,22). The molecule has 0 bridgehead atoms. The highest BCUT2D eigenvalue weighted by Crippen LogP contribution is 2.23. The topological polar surface area (TPSA) is 61.4 Å².